The number of carbonyl (C=O) groups excluding carboxylic acids is 1. The molecule has 2 aromatic carbocycles. The Balaban J connectivity index is 1.83. The normalized spacial score (nSPS) is 10.6. The van der Waals surface area contributed by atoms with E-state index in [9.17, 15) is 4.79 Å². The lowest BCUT2D eigenvalue weighted by Crippen LogP contribution is -2.14. The molecule has 0 aromatic heterocycles. The van der Waals surface area contributed by atoms with Crippen LogP contribution in [0.1, 0.15) is 56.3 Å². The maximum Gasteiger partial charge on any atom is 0.255 e. The number of rotatable bonds is 14. The van der Waals surface area contributed by atoms with E-state index < -0.39 is 0 Å². The fourth-order valence-corrected chi connectivity index (χ4v) is 2.84. The summed E-state index contributed by atoms with van der Waals surface area (Å²) in [5.74, 6) is 1.23. The van der Waals surface area contributed by atoms with Crippen LogP contribution in [0.4, 0.5) is 5.69 Å². The first-order valence-electron chi connectivity index (χ1n) is 10.6. The Kier molecular flexibility index (Phi) is 10.7. The highest BCUT2D eigenvalue weighted by Crippen LogP contribution is 2.24. The van der Waals surface area contributed by atoms with Crippen molar-refractivity contribution in [1.29, 1.82) is 0 Å². The average molecular weight is 400 g/mol. The van der Waals surface area contributed by atoms with Gasteiger partial charge in [0, 0.05) is 12.2 Å². The maximum atomic E-state index is 12.6. The summed E-state index contributed by atoms with van der Waals surface area (Å²) in [7, 11) is 0. The fraction of sp³-hybridized carbons (Fsp3) is 0.458. The minimum atomic E-state index is -0.183. The SMILES string of the molecule is CCCCCCCOc1ccc(C(=O)Nc2ccccc2OCCOCC)cc1. The van der Waals surface area contributed by atoms with Crippen molar-refractivity contribution in [1.82, 2.24) is 0 Å². The van der Waals surface area contributed by atoms with Crippen LogP contribution in [0.2, 0.25) is 0 Å². The Morgan fingerprint density at radius 1 is 0.828 bits per heavy atom. The van der Waals surface area contributed by atoms with Crippen LogP contribution in [0.3, 0.4) is 0 Å². The van der Waals surface area contributed by atoms with Crippen LogP contribution in [0.5, 0.6) is 11.5 Å². The molecule has 0 saturated heterocycles. The molecule has 0 bridgehead atoms. The van der Waals surface area contributed by atoms with E-state index >= 15 is 0 Å². The van der Waals surface area contributed by atoms with Gasteiger partial charge < -0.3 is 19.5 Å². The Bertz CT molecular complexity index is 715. The van der Waals surface area contributed by atoms with Gasteiger partial charge in [-0.3, -0.25) is 4.79 Å². The molecule has 2 aromatic rings. The molecule has 0 saturated carbocycles. The Labute approximate surface area is 174 Å². The zero-order valence-corrected chi connectivity index (χ0v) is 17.6. The van der Waals surface area contributed by atoms with Gasteiger partial charge in [0.15, 0.2) is 0 Å². The Morgan fingerprint density at radius 3 is 2.34 bits per heavy atom. The van der Waals surface area contributed by atoms with Crippen molar-refractivity contribution >= 4 is 11.6 Å². The first-order valence-corrected chi connectivity index (χ1v) is 10.6. The molecule has 0 fully saturated rings. The van der Waals surface area contributed by atoms with Crippen LogP contribution in [-0.2, 0) is 4.74 Å². The molecule has 0 unspecified atom stereocenters. The van der Waals surface area contributed by atoms with Crippen LogP contribution >= 0.6 is 0 Å². The topological polar surface area (TPSA) is 56.8 Å². The molecule has 0 heterocycles. The molecule has 0 radical (unpaired) electrons. The predicted molar refractivity (Wildman–Crippen MR) is 117 cm³/mol. The highest BCUT2D eigenvalue weighted by atomic mass is 16.5. The van der Waals surface area contributed by atoms with Gasteiger partial charge in [0.05, 0.1) is 18.9 Å². The number of ether oxygens (including phenoxy) is 3. The minimum Gasteiger partial charge on any atom is -0.494 e. The van der Waals surface area contributed by atoms with E-state index in [2.05, 4.69) is 12.2 Å². The molecule has 0 aliphatic heterocycles. The van der Waals surface area contributed by atoms with Crippen LogP contribution in [0.25, 0.3) is 0 Å². The summed E-state index contributed by atoms with van der Waals surface area (Å²) in [5, 5.41) is 2.91. The summed E-state index contributed by atoms with van der Waals surface area (Å²) in [6.45, 7) is 6.46. The van der Waals surface area contributed by atoms with Crippen molar-refractivity contribution in [3.8, 4) is 11.5 Å². The van der Waals surface area contributed by atoms with Gasteiger partial charge in [-0.25, -0.2) is 0 Å². The van der Waals surface area contributed by atoms with Crippen molar-refractivity contribution in [3.05, 3.63) is 54.1 Å². The molecule has 5 nitrogen and oxygen atoms in total. The molecule has 0 aliphatic carbocycles. The number of unbranched alkanes of at least 4 members (excludes halogenated alkanes) is 4. The lowest BCUT2D eigenvalue weighted by molar-refractivity contribution is 0.102. The summed E-state index contributed by atoms with van der Waals surface area (Å²) in [5.41, 5.74) is 1.21. The third-order valence-corrected chi connectivity index (χ3v) is 4.46. The smallest absolute Gasteiger partial charge is 0.255 e. The van der Waals surface area contributed by atoms with E-state index in [0.29, 0.717) is 43.4 Å². The van der Waals surface area contributed by atoms with E-state index in [1.807, 2.05) is 43.3 Å². The second-order valence-electron chi connectivity index (χ2n) is 6.78. The molecule has 0 atom stereocenters. The molecule has 0 aliphatic rings. The number of nitrogens with one attached hydrogen (secondary N) is 1. The molecule has 158 valence electrons. The fourth-order valence-electron chi connectivity index (χ4n) is 2.84. The first-order chi connectivity index (χ1) is 14.2. The van der Waals surface area contributed by atoms with Gasteiger partial charge in [0.2, 0.25) is 0 Å². The molecule has 1 N–H and O–H groups in total. The quantitative estimate of drug-likeness (QED) is 0.414. The van der Waals surface area contributed by atoms with Crippen molar-refractivity contribution in [2.24, 2.45) is 0 Å². The number of hydrogen-bond donors (Lipinski definition) is 1. The van der Waals surface area contributed by atoms with E-state index in [1.165, 1.54) is 25.7 Å². The standard InChI is InChI=1S/C24H33NO4/c1-3-5-6-7-10-17-28-21-15-13-20(14-16-21)24(26)25-22-11-8-9-12-23(22)29-19-18-27-4-2/h8-9,11-16H,3-7,10,17-19H2,1-2H3,(H,25,26). The highest BCUT2D eigenvalue weighted by molar-refractivity contribution is 6.05. The molecular weight excluding hydrogens is 366 g/mol. The van der Waals surface area contributed by atoms with Gasteiger partial charge in [-0.05, 0) is 49.7 Å². The van der Waals surface area contributed by atoms with Crippen molar-refractivity contribution in [3.63, 3.8) is 0 Å². The number of benzene rings is 2. The number of amides is 1. The zero-order valence-electron chi connectivity index (χ0n) is 17.6. The van der Waals surface area contributed by atoms with Gasteiger partial charge in [0.25, 0.3) is 5.91 Å². The van der Waals surface area contributed by atoms with Crippen LogP contribution < -0.4 is 14.8 Å². The minimum absolute atomic E-state index is 0.183. The van der Waals surface area contributed by atoms with E-state index in [0.717, 1.165) is 12.2 Å². The molecule has 5 heteroatoms. The number of carbonyl (C=O) groups is 1. The second-order valence-corrected chi connectivity index (χ2v) is 6.78. The van der Waals surface area contributed by atoms with Crippen LogP contribution in [-0.4, -0.2) is 32.3 Å². The average Bonchev–Trinajstić information content (AvgIpc) is 2.75. The van der Waals surface area contributed by atoms with Crippen LogP contribution in [0, 0.1) is 0 Å². The third-order valence-electron chi connectivity index (χ3n) is 4.46. The van der Waals surface area contributed by atoms with Crippen molar-refractivity contribution in [2.45, 2.75) is 46.0 Å². The lowest BCUT2D eigenvalue weighted by Gasteiger charge is -2.13. The van der Waals surface area contributed by atoms with Gasteiger partial charge in [0.1, 0.15) is 18.1 Å². The Hall–Kier alpha value is -2.53. The lowest BCUT2D eigenvalue weighted by atomic mass is 10.1. The second kappa shape index (κ2) is 13.6. The molecule has 1 amide bonds. The first kappa shape index (κ1) is 22.8. The van der Waals surface area contributed by atoms with Crippen molar-refractivity contribution in [2.75, 3.05) is 31.7 Å². The zero-order chi connectivity index (χ0) is 20.7. The number of para-hydroxylation sites is 2. The summed E-state index contributed by atoms with van der Waals surface area (Å²) < 4.78 is 16.8. The van der Waals surface area contributed by atoms with E-state index in [-0.39, 0.29) is 5.91 Å². The van der Waals surface area contributed by atoms with E-state index in [1.54, 1.807) is 12.1 Å². The van der Waals surface area contributed by atoms with Gasteiger partial charge in [-0.15, -0.1) is 0 Å². The summed E-state index contributed by atoms with van der Waals surface area (Å²) in [4.78, 5) is 12.6. The van der Waals surface area contributed by atoms with Gasteiger partial charge in [-0.1, -0.05) is 44.7 Å². The summed E-state index contributed by atoms with van der Waals surface area (Å²) in [6, 6.07) is 14.6. The maximum absolute atomic E-state index is 12.6. The number of anilines is 1. The van der Waals surface area contributed by atoms with Crippen LogP contribution in [0.15, 0.2) is 48.5 Å². The monoisotopic (exact) mass is 399 g/mol. The molecule has 29 heavy (non-hydrogen) atoms. The number of hydrogen-bond acceptors (Lipinski definition) is 4. The summed E-state index contributed by atoms with van der Waals surface area (Å²) >= 11 is 0. The predicted octanol–water partition coefficient (Wildman–Crippen LogP) is 5.70. The van der Waals surface area contributed by atoms with E-state index in [4.69, 9.17) is 14.2 Å². The Morgan fingerprint density at radius 2 is 1.59 bits per heavy atom. The molecule has 2 rings (SSSR count). The largest absolute Gasteiger partial charge is 0.494 e. The van der Waals surface area contributed by atoms with Gasteiger partial charge >= 0.3 is 0 Å². The summed E-state index contributed by atoms with van der Waals surface area (Å²) in [6.07, 6.45) is 6.04. The third kappa shape index (κ3) is 8.57. The van der Waals surface area contributed by atoms with Crippen molar-refractivity contribution < 1.29 is 19.0 Å². The highest BCUT2D eigenvalue weighted by Gasteiger charge is 2.10. The molecule has 0 spiro atoms. The van der Waals surface area contributed by atoms with Gasteiger partial charge in [-0.2, -0.15) is 0 Å². The molecular formula is C24H33NO4.